The highest BCUT2D eigenvalue weighted by molar-refractivity contribution is 5.26. The van der Waals surface area contributed by atoms with E-state index < -0.39 is 0 Å². The maximum Gasteiger partial charge on any atom is -0.0162 e. The minimum Gasteiger partial charge on any atom is -0.0587 e. The van der Waals surface area contributed by atoms with Gasteiger partial charge in [0.25, 0.3) is 0 Å². The maximum atomic E-state index is 2.46. The lowest BCUT2D eigenvalue weighted by molar-refractivity contribution is 0.167. The first kappa shape index (κ1) is 17.6. The van der Waals surface area contributed by atoms with Gasteiger partial charge in [-0.2, -0.15) is 0 Å². The van der Waals surface area contributed by atoms with Gasteiger partial charge in [0.15, 0.2) is 0 Å². The molecule has 0 amide bonds. The predicted octanol–water partition coefficient (Wildman–Crippen LogP) is 7.66. The van der Waals surface area contributed by atoms with Crippen molar-refractivity contribution >= 4 is 0 Å². The van der Waals surface area contributed by atoms with E-state index >= 15 is 0 Å². The molecule has 0 atom stereocenters. The Labute approximate surface area is 155 Å². The minimum atomic E-state index is 0.855. The van der Waals surface area contributed by atoms with Crippen molar-refractivity contribution in [3.63, 3.8) is 0 Å². The van der Waals surface area contributed by atoms with Gasteiger partial charge < -0.3 is 0 Å². The van der Waals surface area contributed by atoms with Crippen molar-refractivity contribution in [1.82, 2.24) is 0 Å². The second kappa shape index (κ2) is 8.74. The van der Waals surface area contributed by atoms with E-state index in [2.05, 4.69) is 24.3 Å². The van der Waals surface area contributed by atoms with Crippen molar-refractivity contribution in [2.45, 2.75) is 102 Å². The number of rotatable bonds is 4. The molecule has 3 aliphatic rings. The quantitative estimate of drug-likeness (QED) is 0.528. The lowest BCUT2D eigenvalue weighted by atomic mass is 9.70. The molecule has 0 unspecified atom stereocenters. The second-order valence-corrected chi connectivity index (χ2v) is 9.46. The Kier molecular flexibility index (Phi) is 6.16. The van der Waals surface area contributed by atoms with Crippen molar-refractivity contribution in [3.05, 3.63) is 35.4 Å². The molecule has 0 aliphatic heterocycles. The summed E-state index contributed by atoms with van der Waals surface area (Å²) in [5, 5.41) is 0. The molecule has 0 radical (unpaired) electrons. The van der Waals surface area contributed by atoms with Gasteiger partial charge in [-0.05, 0) is 79.7 Å². The van der Waals surface area contributed by atoms with Gasteiger partial charge in [0.2, 0.25) is 0 Å². The van der Waals surface area contributed by atoms with Crippen LogP contribution in [0.4, 0.5) is 0 Å². The lowest BCUT2D eigenvalue weighted by Gasteiger charge is -2.36. The van der Waals surface area contributed by atoms with Gasteiger partial charge in [0.05, 0.1) is 0 Å². The fourth-order valence-corrected chi connectivity index (χ4v) is 6.16. The van der Waals surface area contributed by atoms with Crippen LogP contribution in [0.15, 0.2) is 24.3 Å². The van der Waals surface area contributed by atoms with Crippen LogP contribution in [0.3, 0.4) is 0 Å². The third kappa shape index (κ3) is 4.69. The Balaban J connectivity index is 1.25. The highest BCUT2D eigenvalue weighted by atomic mass is 14.3. The van der Waals surface area contributed by atoms with Gasteiger partial charge in [0.1, 0.15) is 0 Å². The summed E-state index contributed by atoms with van der Waals surface area (Å²) in [6.45, 7) is 0. The summed E-state index contributed by atoms with van der Waals surface area (Å²) >= 11 is 0. The Bertz CT molecular complexity index is 493. The topological polar surface area (TPSA) is 0 Å². The van der Waals surface area contributed by atoms with Gasteiger partial charge in [-0.25, -0.2) is 0 Å². The molecule has 0 spiro atoms. The van der Waals surface area contributed by atoms with E-state index in [0.717, 1.165) is 23.7 Å². The van der Waals surface area contributed by atoms with Gasteiger partial charge >= 0.3 is 0 Å². The van der Waals surface area contributed by atoms with E-state index in [0.29, 0.717) is 0 Å². The lowest BCUT2D eigenvalue weighted by Crippen LogP contribution is -2.24. The summed E-state index contributed by atoms with van der Waals surface area (Å²) in [6, 6.07) is 9.83. The fourth-order valence-electron chi connectivity index (χ4n) is 6.16. The summed E-state index contributed by atoms with van der Waals surface area (Å²) in [5.74, 6) is 3.98. The van der Waals surface area contributed by atoms with Crippen LogP contribution in [0.5, 0.6) is 0 Å². The van der Waals surface area contributed by atoms with Crippen LogP contribution >= 0.6 is 0 Å². The minimum absolute atomic E-state index is 0.855. The monoisotopic (exact) mass is 338 g/mol. The predicted molar refractivity (Wildman–Crippen MR) is 108 cm³/mol. The molecule has 1 aromatic carbocycles. The molecule has 0 nitrogen and oxygen atoms in total. The molecule has 1 aromatic rings. The third-order valence-electron chi connectivity index (χ3n) is 7.79. The van der Waals surface area contributed by atoms with Crippen LogP contribution in [0.1, 0.15) is 107 Å². The van der Waals surface area contributed by atoms with Crippen LogP contribution in [-0.2, 0) is 6.42 Å². The summed E-state index contributed by atoms with van der Waals surface area (Å²) < 4.78 is 0. The van der Waals surface area contributed by atoms with E-state index in [1.165, 1.54) is 96.3 Å². The maximum absolute atomic E-state index is 2.46. The van der Waals surface area contributed by atoms with Gasteiger partial charge in [0, 0.05) is 0 Å². The van der Waals surface area contributed by atoms with Crippen LogP contribution in [0.25, 0.3) is 0 Å². The molecule has 0 bridgehead atoms. The zero-order valence-electron chi connectivity index (χ0n) is 16.2. The smallest absolute Gasteiger partial charge is 0.0162 e. The molecule has 4 rings (SSSR count). The highest BCUT2D eigenvalue weighted by Crippen LogP contribution is 2.41. The average Bonchev–Trinajstić information content (AvgIpc) is 2.71. The van der Waals surface area contributed by atoms with Crippen LogP contribution < -0.4 is 0 Å². The van der Waals surface area contributed by atoms with Crippen LogP contribution in [-0.4, -0.2) is 0 Å². The largest absolute Gasteiger partial charge is 0.0587 e. The summed E-state index contributed by atoms with van der Waals surface area (Å²) in [4.78, 5) is 0. The van der Waals surface area contributed by atoms with E-state index in [9.17, 15) is 0 Å². The average molecular weight is 339 g/mol. The highest BCUT2D eigenvalue weighted by Gasteiger charge is 2.28. The summed E-state index contributed by atoms with van der Waals surface area (Å²) in [6.07, 6.45) is 22.2. The van der Waals surface area contributed by atoms with Crippen molar-refractivity contribution in [2.75, 3.05) is 0 Å². The molecule has 0 heteroatoms. The molecular formula is C25H38. The number of hydrogen-bond donors (Lipinski definition) is 0. The number of benzene rings is 1. The van der Waals surface area contributed by atoms with Gasteiger partial charge in [-0.3, -0.25) is 0 Å². The van der Waals surface area contributed by atoms with Crippen molar-refractivity contribution in [3.8, 4) is 0 Å². The van der Waals surface area contributed by atoms with Gasteiger partial charge in [-0.15, -0.1) is 0 Å². The van der Waals surface area contributed by atoms with E-state index in [1.807, 2.05) is 0 Å². The Morgan fingerprint density at radius 2 is 1.12 bits per heavy atom. The first-order valence-corrected chi connectivity index (χ1v) is 11.5. The third-order valence-corrected chi connectivity index (χ3v) is 7.79. The fraction of sp³-hybridized carbons (Fsp3) is 0.760. The Morgan fingerprint density at radius 3 is 1.76 bits per heavy atom. The first-order valence-electron chi connectivity index (χ1n) is 11.5. The molecule has 25 heavy (non-hydrogen) atoms. The van der Waals surface area contributed by atoms with E-state index in [4.69, 9.17) is 0 Å². The normalized spacial score (nSPS) is 29.6. The molecule has 0 heterocycles. The molecule has 3 fully saturated rings. The summed E-state index contributed by atoms with van der Waals surface area (Å²) in [5.41, 5.74) is 3.21. The standard InChI is InChI=1S/C25H38/c1-3-7-22(8-4-1)24-15-11-20(12-16-24)19-21-13-17-25(18-14-21)23-9-5-2-6-10-23/h11-12,15-16,21-23,25H,1-10,13-14,17-19H2. The zero-order chi connectivity index (χ0) is 16.9. The van der Waals surface area contributed by atoms with E-state index in [-0.39, 0.29) is 0 Å². The van der Waals surface area contributed by atoms with Gasteiger partial charge in [-0.1, -0.05) is 75.6 Å². The van der Waals surface area contributed by atoms with Crippen molar-refractivity contribution < 1.29 is 0 Å². The molecular weight excluding hydrogens is 300 g/mol. The summed E-state index contributed by atoms with van der Waals surface area (Å²) in [7, 11) is 0. The molecule has 0 N–H and O–H groups in total. The van der Waals surface area contributed by atoms with Crippen LogP contribution in [0, 0.1) is 17.8 Å². The van der Waals surface area contributed by atoms with Crippen LogP contribution in [0.2, 0.25) is 0 Å². The van der Waals surface area contributed by atoms with E-state index in [1.54, 1.807) is 11.1 Å². The molecule has 0 saturated heterocycles. The first-order chi connectivity index (χ1) is 12.4. The van der Waals surface area contributed by atoms with Crippen molar-refractivity contribution in [1.29, 1.82) is 0 Å². The number of hydrogen-bond acceptors (Lipinski definition) is 0. The second-order valence-electron chi connectivity index (χ2n) is 9.46. The molecule has 3 aliphatic carbocycles. The Hall–Kier alpha value is -0.780. The SMILES string of the molecule is c1cc(C2CCCCC2)ccc1CC1CCC(C2CCCCC2)CC1. The molecule has 3 saturated carbocycles. The Morgan fingerprint density at radius 1 is 0.560 bits per heavy atom. The molecule has 138 valence electrons. The molecule has 0 aromatic heterocycles. The van der Waals surface area contributed by atoms with Crippen molar-refractivity contribution in [2.24, 2.45) is 17.8 Å². The zero-order valence-corrected chi connectivity index (χ0v) is 16.2.